The highest BCUT2D eigenvalue weighted by molar-refractivity contribution is 5.89. The van der Waals surface area contributed by atoms with Gasteiger partial charge in [0, 0.05) is 32.0 Å². The number of nitrogens with two attached hydrogens (primary N) is 1. The Morgan fingerprint density at radius 2 is 1.48 bits per heavy atom. The largest absolute Gasteiger partial charge is 0.508 e. The summed E-state index contributed by atoms with van der Waals surface area (Å²) in [4.78, 5) is 70.7. The lowest BCUT2D eigenvalue weighted by Gasteiger charge is -2.40. The first-order valence-corrected chi connectivity index (χ1v) is 19.3. The lowest BCUT2D eigenvalue weighted by atomic mass is 9.91. The molecule has 1 unspecified atom stereocenters. The zero-order chi connectivity index (χ0) is 40.8. The number of carbonyl (C=O) groups excluding carboxylic acids is 3. The van der Waals surface area contributed by atoms with Crippen LogP contribution in [0.5, 0.6) is 5.75 Å². The number of rotatable bonds is 15. The highest BCUT2D eigenvalue weighted by Gasteiger charge is 2.36. The fraction of sp³-hybridized carbons (Fsp3) is 0.273. The molecule has 14 nitrogen and oxygen atoms in total. The second kappa shape index (κ2) is 17.6. The van der Waals surface area contributed by atoms with Gasteiger partial charge in [-0.3, -0.25) is 24.2 Å². The van der Waals surface area contributed by atoms with Crippen molar-refractivity contribution in [1.82, 2.24) is 35.5 Å². The van der Waals surface area contributed by atoms with Gasteiger partial charge in [-0.1, -0.05) is 84.9 Å². The third-order valence-electron chi connectivity index (χ3n) is 10.8. The Labute approximate surface area is 335 Å². The van der Waals surface area contributed by atoms with E-state index in [-0.39, 0.29) is 54.1 Å². The van der Waals surface area contributed by atoms with Crippen molar-refractivity contribution in [3.63, 3.8) is 0 Å². The van der Waals surface area contributed by atoms with Gasteiger partial charge in [0.05, 0.1) is 12.4 Å². The van der Waals surface area contributed by atoms with E-state index < -0.39 is 35.6 Å². The smallest absolute Gasteiger partial charge is 0.278 e. The second-order valence-corrected chi connectivity index (χ2v) is 14.9. The average Bonchev–Trinajstić information content (AvgIpc) is 3.69. The van der Waals surface area contributed by atoms with Gasteiger partial charge in [0.15, 0.2) is 11.2 Å². The van der Waals surface area contributed by atoms with E-state index in [0.717, 1.165) is 38.9 Å². The Morgan fingerprint density at radius 3 is 2.14 bits per heavy atom. The van der Waals surface area contributed by atoms with Gasteiger partial charge < -0.3 is 36.7 Å². The molecule has 0 bridgehead atoms. The molecule has 4 atom stereocenters. The number of benzene rings is 4. The maximum Gasteiger partial charge on any atom is 0.278 e. The number of hydrogen-bond acceptors (Lipinski definition) is 9. The molecule has 58 heavy (non-hydrogen) atoms. The molecular weight excluding hydrogens is 735 g/mol. The van der Waals surface area contributed by atoms with E-state index in [0.29, 0.717) is 19.4 Å². The summed E-state index contributed by atoms with van der Waals surface area (Å²) in [7, 11) is 0. The van der Waals surface area contributed by atoms with E-state index in [2.05, 4.69) is 35.9 Å². The van der Waals surface area contributed by atoms with Crippen LogP contribution in [0.2, 0.25) is 0 Å². The number of aryl methyl sites for hydroxylation is 2. The number of fused-ring (bicyclic) bond motifs is 2. The van der Waals surface area contributed by atoms with Crippen LogP contribution in [0.25, 0.3) is 11.2 Å². The number of aromatic hydroxyl groups is 1. The minimum atomic E-state index is -0.936. The molecule has 3 amide bonds. The first-order chi connectivity index (χ1) is 28.0. The molecule has 6 aromatic rings. The van der Waals surface area contributed by atoms with Gasteiger partial charge in [0.25, 0.3) is 5.56 Å². The molecule has 298 valence electrons. The number of imidazole rings is 1. The normalized spacial score (nSPS) is 15.3. The number of aromatic nitrogens is 4. The quantitative estimate of drug-likeness (QED) is 0.0814. The number of primary amides is 1. The number of anilines is 1. The monoisotopic (exact) mass is 781 g/mol. The summed E-state index contributed by atoms with van der Waals surface area (Å²) >= 11 is 0. The Bertz CT molecular complexity index is 2450. The highest BCUT2D eigenvalue weighted by Crippen LogP contribution is 2.27. The van der Waals surface area contributed by atoms with Crippen molar-refractivity contribution in [3.05, 3.63) is 153 Å². The Hall–Kier alpha value is -6.80. The van der Waals surface area contributed by atoms with Crippen molar-refractivity contribution in [2.75, 3.05) is 11.9 Å². The Morgan fingerprint density at radius 1 is 0.862 bits per heavy atom. The molecule has 0 fully saturated rings. The Balaban J connectivity index is 1.19. The van der Waals surface area contributed by atoms with Crippen LogP contribution in [-0.2, 0) is 46.6 Å². The number of phenolic OH excluding ortho intramolecular Hbond substituents is 1. The summed E-state index contributed by atoms with van der Waals surface area (Å²) < 4.78 is 0. The summed E-state index contributed by atoms with van der Waals surface area (Å²) in [5.74, 6) is -1.07. The third-order valence-corrected chi connectivity index (χ3v) is 10.8. The molecule has 1 aliphatic heterocycles. The van der Waals surface area contributed by atoms with Crippen LogP contribution in [0.1, 0.15) is 38.9 Å². The summed E-state index contributed by atoms with van der Waals surface area (Å²) in [6, 6.07) is 27.2. The van der Waals surface area contributed by atoms with Crippen molar-refractivity contribution in [3.8, 4) is 5.75 Å². The zero-order valence-electron chi connectivity index (χ0n) is 32.4. The SMILES string of the molecule is Cc1cc(O)cc(C)c1C[C@H](Nc1nc2nc[nH]c2c(=O)[nH]1)C(=O)N1Cc2ccccc2CC1CN[C@@H](Cc1ccccc1)C(=O)N[C@@H](Cc1ccccc1)C(N)=O. The van der Waals surface area contributed by atoms with Gasteiger partial charge in [-0.15, -0.1) is 0 Å². The molecule has 4 aromatic carbocycles. The van der Waals surface area contributed by atoms with E-state index >= 15 is 4.79 Å². The van der Waals surface area contributed by atoms with E-state index in [1.54, 1.807) is 12.1 Å². The van der Waals surface area contributed by atoms with Crippen molar-refractivity contribution >= 4 is 34.8 Å². The summed E-state index contributed by atoms with van der Waals surface area (Å²) in [5.41, 5.74) is 12.1. The number of amides is 3. The second-order valence-electron chi connectivity index (χ2n) is 14.9. The number of H-pyrrole nitrogens is 2. The lowest BCUT2D eigenvalue weighted by Crippen LogP contribution is -2.58. The molecule has 0 aliphatic carbocycles. The van der Waals surface area contributed by atoms with Gasteiger partial charge in [0.1, 0.15) is 17.8 Å². The van der Waals surface area contributed by atoms with Gasteiger partial charge >= 0.3 is 0 Å². The molecule has 1 aliphatic rings. The first-order valence-electron chi connectivity index (χ1n) is 19.3. The molecule has 8 N–H and O–H groups in total. The number of carbonyl (C=O) groups is 3. The summed E-state index contributed by atoms with van der Waals surface area (Å²) in [6.45, 7) is 4.29. The maximum absolute atomic E-state index is 15.1. The Kier molecular flexibility index (Phi) is 11.9. The van der Waals surface area contributed by atoms with Crippen LogP contribution in [0.3, 0.4) is 0 Å². The van der Waals surface area contributed by atoms with Crippen LogP contribution in [0.15, 0.2) is 108 Å². The van der Waals surface area contributed by atoms with Crippen LogP contribution in [0, 0.1) is 13.8 Å². The molecule has 0 spiro atoms. The van der Waals surface area contributed by atoms with Gasteiger partial charge in [0.2, 0.25) is 23.7 Å². The maximum atomic E-state index is 15.1. The number of phenols is 1. The number of nitrogens with zero attached hydrogens (tertiary/aromatic N) is 3. The first kappa shape index (κ1) is 39.4. The predicted octanol–water partition coefficient (Wildman–Crippen LogP) is 3.36. The van der Waals surface area contributed by atoms with E-state index in [1.165, 1.54) is 6.33 Å². The van der Waals surface area contributed by atoms with Gasteiger partial charge in [-0.05, 0) is 77.8 Å². The van der Waals surface area contributed by atoms with E-state index in [9.17, 15) is 19.5 Å². The minimum absolute atomic E-state index is 0.0863. The van der Waals surface area contributed by atoms with Crippen molar-refractivity contribution in [1.29, 1.82) is 0 Å². The van der Waals surface area contributed by atoms with E-state index in [1.807, 2.05) is 104 Å². The summed E-state index contributed by atoms with van der Waals surface area (Å²) in [5, 5.41) is 19.9. The molecule has 3 heterocycles. The van der Waals surface area contributed by atoms with Crippen LogP contribution < -0.4 is 27.2 Å². The third kappa shape index (κ3) is 9.24. The zero-order valence-corrected chi connectivity index (χ0v) is 32.4. The van der Waals surface area contributed by atoms with Crippen molar-refractivity contribution in [2.24, 2.45) is 5.73 Å². The number of nitrogens with one attached hydrogen (secondary N) is 5. The van der Waals surface area contributed by atoms with E-state index in [4.69, 9.17) is 5.73 Å². The highest BCUT2D eigenvalue weighted by atomic mass is 16.3. The van der Waals surface area contributed by atoms with Crippen LogP contribution >= 0.6 is 0 Å². The average molecular weight is 782 g/mol. The minimum Gasteiger partial charge on any atom is -0.508 e. The predicted molar refractivity (Wildman–Crippen MR) is 221 cm³/mol. The van der Waals surface area contributed by atoms with Gasteiger partial charge in [-0.25, -0.2) is 4.98 Å². The molecule has 7 rings (SSSR count). The molecule has 0 saturated carbocycles. The van der Waals surface area contributed by atoms with Crippen molar-refractivity contribution in [2.45, 2.75) is 70.2 Å². The number of hydrogen-bond donors (Lipinski definition) is 7. The molecular formula is C44H47N9O5. The standard InChI is InChI=1S/C44H47N9O5/c1-26-17-33(54)18-27(2)34(26)22-37(50-44-51-40-38(42(57)52-44)47-25-48-40)43(58)53-24-31-16-10-9-15-30(31)21-32(53)23-46-36(20-29-13-7-4-8-14-29)41(56)49-35(39(45)55)19-28-11-5-3-6-12-28/h3-18,25,32,35-37,46,54H,19-24H2,1-2H3,(H2,45,55)(H,49,56)(H3,47,48,50,51,52,57)/t32?,35-,36-,37-/m0/s1. The molecule has 0 saturated heterocycles. The van der Waals surface area contributed by atoms with Crippen molar-refractivity contribution < 1.29 is 19.5 Å². The van der Waals surface area contributed by atoms with Crippen LogP contribution in [-0.4, -0.2) is 78.4 Å². The van der Waals surface area contributed by atoms with Crippen LogP contribution in [0.4, 0.5) is 5.95 Å². The fourth-order valence-corrected chi connectivity index (χ4v) is 7.73. The molecule has 2 aromatic heterocycles. The lowest BCUT2D eigenvalue weighted by molar-refractivity contribution is -0.135. The van der Waals surface area contributed by atoms with Gasteiger partial charge in [-0.2, -0.15) is 4.98 Å². The fourth-order valence-electron chi connectivity index (χ4n) is 7.73. The number of aromatic amines is 2. The molecule has 14 heteroatoms. The molecule has 0 radical (unpaired) electrons. The summed E-state index contributed by atoms with van der Waals surface area (Å²) in [6.07, 6.45) is 2.66. The topological polar surface area (TPSA) is 211 Å².